The molecule has 0 aromatic heterocycles. The molecule has 0 aliphatic carbocycles. The Balaban J connectivity index is 2.32. The molecule has 0 saturated carbocycles. The lowest BCUT2D eigenvalue weighted by Gasteiger charge is -2.17. The largest absolute Gasteiger partial charge is 0.481 e. The summed E-state index contributed by atoms with van der Waals surface area (Å²) >= 11 is 6.05. The van der Waals surface area contributed by atoms with Crippen molar-refractivity contribution in [2.45, 2.75) is 31.2 Å². The van der Waals surface area contributed by atoms with Gasteiger partial charge in [-0.3, -0.25) is 4.79 Å². The van der Waals surface area contributed by atoms with Crippen molar-refractivity contribution in [1.29, 1.82) is 0 Å². The second-order valence-electron chi connectivity index (χ2n) is 6.54. The van der Waals surface area contributed by atoms with Crippen LogP contribution in [0, 0.1) is 0 Å². The molecule has 4 N–H and O–H groups in total. The number of hydrogen-bond donors (Lipinski definition) is 3. The highest BCUT2D eigenvalue weighted by Gasteiger charge is 2.36. The minimum atomic E-state index is -4.95. The fraction of sp³-hybridized carbons (Fsp3) is 0.316. The molecular formula is C19H17ClF6N2O2. The molecule has 4 nitrogen and oxygen atoms in total. The summed E-state index contributed by atoms with van der Waals surface area (Å²) in [7, 11) is 0. The molecule has 0 aliphatic rings. The second kappa shape index (κ2) is 9.13. The Kier molecular flexibility index (Phi) is 7.25. The van der Waals surface area contributed by atoms with Gasteiger partial charge in [-0.05, 0) is 48.0 Å². The zero-order valence-electron chi connectivity index (χ0n) is 15.2. The van der Waals surface area contributed by atoms with Crippen molar-refractivity contribution in [3.8, 4) is 0 Å². The van der Waals surface area contributed by atoms with Crippen LogP contribution >= 0.6 is 11.6 Å². The molecule has 0 saturated heterocycles. The maximum atomic E-state index is 13.0. The summed E-state index contributed by atoms with van der Waals surface area (Å²) < 4.78 is 77.9. The Morgan fingerprint density at radius 1 is 1.03 bits per heavy atom. The molecule has 2 aromatic rings. The molecular weight excluding hydrogens is 438 g/mol. The van der Waals surface area contributed by atoms with Gasteiger partial charge in [0.25, 0.3) is 0 Å². The average Bonchev–Trinajstić information content (AvgIpc) is 2.63. The number of alkyl halides is 6. The van der Waals surface area contributed by atoms with Crippen LogP contribution in [0.25, 0.3) is 0 Å². The van der Waals surface area contributed by atoms with E-state index in [4.69, 9.17) is 22.4 Å². The van der Waals surface area contributed by atoms with Crippen molar-refractivity contribution >= 4 is 23.3 Å². The third kappa shape index (κ3) is 6.27. The average molecular weight is 455 g/mol. The van der Waals surface area contributed by atoms with E-state index < -0.39 is 35.4 Å². The van der Waals surface area contributed by atoms with E-state index in [2.05, 4.69) is 5.32 Å². The lowest BCUT2D eigenvalue weighted by Crippen LogP contribution is -2.16. The Bertz CT molecular complexity index is 883. The summed E-state index contributed by atoms with van der Waals surface area (Å²) in [6.07, 6.45) is -10.1. The SMILES string of the molecule is NC[C@H](CC(=O)O)c1ccc(Cl)c(NCc2cc(C(F)(F)F)cc(C(F)(F)F)c2)c1. The number of benzene rings is 2. The lowest BCUT2D eigenvalue weighted by atomic mass is 9.95. The quantitative estimate of drug-likeness (QED) is 0.482. The number of anilines is 1. The highest BCUT2D eigenvalue weighted by molar-refractivity contribution is 6.33. The predicted octanol–water partition coefficient (Wildman–Crippen LogP) is 5.51. The normalized spacial score (nSPS) is 13.2. The molecule has 0 bridgehead atoms. The number of carboxylic acid groups (broad SMARTS) is 1. The van der Waals surface area contributed by atoms with Crippen molar-refractivity contribution in [2.24, 2.45) is 5.73 Å². The van der Waals surface area contributed by atoms with Crippen molar-refractivity contribution in [3.05, 3.63) is 63.7 Å². The van der Waals surface area contributed by atoms with Gasteiger partial charge >= 0.3 is 18.3 Å². The molecule has 2 aromatic carbocycles. The topological polar surface area (TPSA) is 75.4 Å². The number of rotatable bonds is 7. The summed E-state index contributed by atoms with van der Waals surface area (Å²) in [5.74, 6) is -1.61. The van der Waals surface area contributed by atoms with Crippen LogP contribution in [0.4, 0.5) is 32.0 Å². The third-order valence-corrected chi connectivity index (χ3v) is 4.63. The number of nitrogens with one attached hydrogen (secondary N) is 1. The highest BCUT2D eigenvalue weighted by Crippen LogP contribution is 2.36. The molecule has 0 radical (unpaired) electrons. The number of nitrogens with two attached hydrogens (primary N) is 1. The van der Waals surface area contributed by atoms with Crippen LogP contribution in [-0.2, 0) is 23.7 Å². The van der Waals surface area contributed by atoms with Crippen LogP contribution in [0.3, 0.4) is 0 Å². The zero-order valence-corrected chi connectivity index (χ0v) is 16.0. The summed E-state index contributed by atoms with van der Waals surface area (Å²) in [5.41, 5.74) is 3.25. The van der Waals surface area contributed by atoms with Gasteiger partial charge in [-0.1, -0.05) is 17.7 Å². The lowest BCUT2D eigenvalue weighted by molar-refractivity contribution is -0.143. The zero-order chi connectivity index (χ0) is 22.7. The van der Waals surface area contributed by atoms with Crippen molar-refractivity contribution in [3.63, 3.8) is 0 Å². The van der Waals surface area contributed by atoms with Crippen LogP contribution in [0.15, 0.2) is 36.4 Å². The first-order chi connectivity index (χ1) is 13.8. The van der Waals surface area contributed by atoms with Crippen LogP contribution in [0.1, 0.15) is 34.6 Å². The smallest absolute Gasteiger partial charge is 0.416 e. The Hall–Kier alpha value is -2.46. The van der Waals surface area contributed by atoms with Crippen LogP contribution in [-0.4, -0.2) is 17.6 Å². The minimum absolute atomic E-state index is 0.0238. The van der Waals surface area contributed by atoms with Crippen molar-refractivity contribution in [2.75, 3.05) is 11.9 Å². The van der Waals surface area contributed by atoms with Gasteiger partial charge in [0.05, 0.1) is 28.3 Å². The van der Waals surface area contributed by atoms with Gasteiger partial charge < -0.3 is 16.2 Å². The summed E-state index contributed by atoms with van der Waals surface area (Å²) in [5, 5.41) is 11.8. The van der Waals surface area contributed by atoms with Crippen LogP contribution < -0.4 is 11.1 Å². The molecule has 11 heteroatoms. The fourth-order valence-corrected chi connectivity index (χ4v) is 2.98. The van der Waals surface area contributed by atoms with E-state index in [0.717, 1.165) is 0 Å². The number of aliphatic carboxylic acids is 1. The first-order valence-corrected chi connectivity index (χ1v) is 8.92. The number of carboxylic acids is 1. The van der Waals surface area contributed by atoms with Gasteiger partial charge in [-0.25, -0.2) is 0 Å². The molecule has 30 heavy (non-hydrogen) atoms. The maximum Gasteiger partial charge on any atom is 0.416 e. The van der Waals surface area contributed by atoms with Gasteiger partial charge in [0, 0.05) is 12.5 Å². The van der Waals surface area contributed by atoms with Gasteiger partial charge in [0.15, 0.2) is 0 Å². The molecule has 2 rings (SSSR count). The van der Waals surface area contributed by atoms with E-state index in [9.17, 15) is 31.1 Å². The number of halogens is 7. The molecule has 0 spiro atoms. The molecule has 0 unspecified atom stereocenters. The Labute approximate surface area is 172 Å². The Morgan fingerprint density at radius 2 is 1.60 bits per heavy atom. The van der Waals surface area contributed by atoms with E-state index in [-0.39, 0.29) is 41.9 Å². The van der Waals surface area contributed by atoms with Crippen molar-refractivity contribution < 1.29 is 36.2 Å². The Morgan fingerprint density at radius 3 is 2.07 bits per heavy atom. The van der Waals surface area contributed by atoms with Crippen LogP contribution in [0.5, 0.6) is 0 Å². The highest BCUT2D eigenvalue weighted by atomic mass is 35.5. The van der Waals surface area contributed by atoms with E-state index in [0.29, 0.717) is 17.7 Å². The van der Waals surface area contributed by atoms with Gasteiger partial charge in [-0.2, -0.15) is 26.3 Å². The fourth-order valence-electron chi connectivity index (χ4n) is 2.80. The van der Waals surface area contributed by atoms with E-state index in [1.807, 2.05) is 0 Å². The standard InChI is InChI=1S/C19H17ClF6N2O2/c20-15-2-1-11(12(8-27)6-17(29)30)5-16(15)28-9-10-3-13(18(21,22)23)7-14(4-10)19(24,25)26/h1-5,7,12,28H,6,8-9,27H2,(H,29,30)/t12-/m0/s1. The first-order valence-electron chi connectivity index (χ1n) is 8.54. The van der Waals surface area contributed by atoms with Gasteiger partial charge in [0.2, 0.25) is 0 Å². The maximum absolute atomic E-state index is 13.0. The minimum Gasteiger partial charge on any atom is -0.481 e. The van der Waals surface area contributed by atoms with Crippen molar-refractivity contribution in [1.82, 2.24) is 0 Å². The van der Waals surface area contributed by atoms with Gasteiger partial charge in [-0.15, -0.1) is 0 Å². The molecule has 0 aliphatic heterocycles. The molecule has 0 heterocycles. The monoisotopic (exact) mass is 454 g/mol. The molecule has 1 atom stereocenters. The summed E-state index contributed by atoms with van der Waals surface area (Å²) in [4.78, 5) is 10.9. The number of hydrogen-bond acceptors (Lipinski definition) is 3. The molecule has 164 valence electrons. The van der Waals surface area contributed by atoms with E-state index in [1.54, 1.807) is 6.07 Å². The second-order valence-corrected chi connectivity index (χ2v) is 6.94. The predicted molar refractivity (Wildman–Crippen MR) is 99.3 cm³/mol. The van der Waals surface area contributed by atoms with Crippen LogP contribution in [0.2, 0.25) is 5.02 Å². The number of carbonyl (C=O) groups is 1. The molecule has 0 fully saturated rings. The van der Waals surface area contributed by atoms with Gasteiger partial charge in [0.1, 0.15) is 0 Å². The third-order valence-electron chi connectivity index (χ3n) is 4.30. The van der Waals surface area contributed by atoms with E-state index >= 15 is 0 Å². The first kappa shape index (κ1) is 23.8. The van der Waals surface area contributed by atoms with E-state index in [1.165, 1.54) is 12.1 Å². The summed E-state index contributed by atoms with van der Waals surface area (Å²) in [6.45, 7) is -0.349. The summed E-state index contributed by atoms with van der Waals surface area (Å²) in [6, 6.07) is 5.76. The molecule has 0 amide bonds.